The fourth-order valence-electron chi connectivity index (χ4n) is 5.33. The molecule has 210 valence electrons. The first-order valence-electron chi connectivity index (χ1n) is 15.2. The maximum atomic E-state index is 2.49. The van der Waals surface area contributed by atoms with Gasteiger partial charge in [0.05, 0.1) is 6.54 Å². The van der Waals surface area contributed by atoms with Crippen molar-refractivity contribution in [3.8, 4) is 0 Å². The Hall–Kier alpha value is -2.95. The molecule has 4 heteroatoms. The molecule has 2 aromatic carbocycles. The summed E-state index contributed by atoms with van der Waals surface area (Å²) in [6.07, 6.45) is 9.19. The lowest BCUT2D eigenvalue weighted by Gasteiger charge is -2.27. The second-order valence-electron chi connectivity index (χ2n) is 10.0. The summed E-state index contributed by atoms with van der Waals surface area (Å²) >= 11 is 0. The average molecular weight is 528 g/mol. The number of likely N-dealkylation sites (N-methyl/N-ethyl adjacent to an activating group) is 4. The van der Waals surface area contributed by atoms with E-state index in [0.29, 0.717) is 0 Å². The molecule has 1 aliphatic carbocycles. The first kappa shape index (κ1) is 30.6. The lowest BCUT2D eigenvalue weighted by Crippen LogP contribution is -2.35. The third kappa shape index (κ3) is 8.52. The quantitative estimate of drug-likeness (QED) is 0.242. The van der Waals surface area contributed by atoms with Crippen LogP contribution in [0.5, 0.6) is 0 Å². The molecular formula is C35H51N4+. The predicted octanol–water partition coefficient (Wildman–Crippen LogP) is 6.60. The van der Waals surface area contributed by atoms with Crippen LogP contribution in [0.2, 0.25) is 0 Å². The molecular weight excluding hydrogens is 476 g/mol. The molecule has 0 saturated heterocycles. The Labute approximate surface area is 238 Å². The van der Waals surface area contributed by atoms with E-state index in [1.165, 1.54) is 33.7 Å². The number of rotatable bonds is 15. The van der Waals surface area contributed by atoms with Gasteiger partial charge in [-0.05, 0) is 86.6 Å². The smallest absolute Gasteiger partial charge is 0.199 e. The molecule has 1 aliphatic rings. The van der Waals surface area contributed by atoms with Crippen molar-refractivity contribution < 1.29 is 4.58 Å². The van der Waals surface area contributed by atoms with Crippen molar-refractivity contribution in [1.29, 1.82) is 0 Å². The van der Waals surface area contributed by atoms with Gasteiger partial charge in [0.25, 0.3) is 0 Å². The summed E-state index contributed by atoms with van der Waals surface area (Å²) in [6.45, 7) is 24.2. The standard InChI is InChI=1S/C35H51N4/c1-7-36(8-2)26-28-38(11-5)33-22-18-31(19-23-33)35(30-16-14-13-15-17-30)32-20-24-34(25-21-32)39(12-6)29-27-37(9-3)10-4/h13-25H,7-12,26-29H2,1-6H3/q+1. The van der Waals surface area contributed by atoms with E-state index in [0.717, 1.165) is 65.4 Å². The monoisotopic (exact) mass is 527 g/mol. The average Bonchev–Trinajstić information content (AvgIpc) is 2.99. The van der Waals surface area contributed by atoms with Gasteiger partial charge >= 0.3 is 0 Å². The van der Waals surface area contributed by atoms with Crippen LogP contribution in [0, 0.1) is 0 Å². The second kappa shape index (κ2) is 16.2. The van der Waals surface area contributed by atoms with Crippen molar-refractivity contribution in [1.82, 2.24) is 9.80 Å². The lowest BCUT2D eigenvalue weighted by molar-refractivity contribution is -0.523. The van der Waals surface area contributed by atoms with Crippen LogP contribution in [0.25, 0.3) is 5.57 Å². The lowest BCUT2D eigenvalue weighted by atomic mass is 9.90. The van der Waals surface area contributed by atoms with Gasteiger partial charge < -0.3 is 9.80 Å². The Morgan fingerprint density at radius 1 is 0.590 bits per heavy atom. The van der Waals surface area contributed by atoms with Crippen LogP contribution in [0.3, 0.4) is 0 Å². The Morgan fingerprint density at radius 3 is 1.69 bits per heavy atom. The fourth-order valence-corrected chi connectivity index (χ4v) is 5.33. The molecule has 0 aromatic heterocycles. The summed E-state index contributed by atoms with van der Waals surface area (Å²) in [4.78, 5) is 7.47. The first-order chi connectivity index (χ1) is 19.1. The van der Waals surface area contributed by atoms with E-state index >= 15 is 0 Å². The third-order valence-electron chi connectivity index (χ3n) is 8.03. The summed E-state index contributed by atoms with van der Waals surface area (Å²) in [5.41, 5.74) is 7.63. The number of allylic oxidation sites excluding steroid dienone is 5. The fraction of sp³-hybridized carbons (Fsp3) is 0.457. The van der Waals surface area contributed by atoms with Crippen molar-refractivity contribution >= 4 is 17.0 Å². The van der Waals surface area contributed by atoms with Crippen LogP contribution in [0.15, 0.2) is 84.5 Å². The highest BCUT2D eigenvalue weighted by atomic mass is 15.2. The van der Waals surface area contributed by atoms with Crippen LogP contribution in [0.4, 0.5) is 5.69 Å². The molecule has 0 bridgehead atoms. The Bertz CT molecular complexity index is 1100. The highest BCUT2D eigenvalue weighted by molar-refractivity contribution is 6.04. The highest BCUT2D eigenvalue weighted by Gasteiger charge is 2.16. The SMILES string of the molecule is CCN(CC)CCN(CC)c1ccc(C(=C2C=CC(=[N+](CC)CCN(CC)CC)C=C2)c2ccccc2)cc1. The molecule has 0 heterocycles. The zero-order valence-electron chi connectivity index (χ0n) is 25.4. The number of hydrogen-bond donors (Lipinski definition) is 0. The molecule has 0 fully saturated rings. The predicted molar refractivity (Wildman–Crippen MR) is 171 cm³/mol. The van der Waals surface area contributed by atoms with Gasteiger partial charge in [0.1, 0.15) is 6.54 Å². The van der Waals surface area contributed by atoms with Gasteiger partial charge in [-0.15, -0.1) is 0 Å². The molecule has 4 nitrogen and oxygen atoms in total. The van der Waals surface area contributed by atoms with Crippen molar-refractivity contribution in [2.75, 3.05) is 70.3 Å². The van der Waals surface area contributed by atoms with E-state index in [2.05, 4.69) is 140 Å². The molecule has 0 radical (unpaired) electrons. The molecule has 0 spiro atoms. The molecule has 39 heavy (non-hydrogen) atoms. The van der Waals surface area contributed by atoms with Crippen LogP contribution >= 0.6 is 0 Å². The maximum absolute atomic E-state index is 2.49. The van der Waals surface area contributed by atoms with Gasteiger partial charge in [-0.25, -0.2) is 4.58 Å². The van der Waals surface area contributed by atoms with Crippen LogP contribution in [-0.2, 0) is 0 Å². The van der Waals surface area contributed by atoms with Gasteiger partial charge in [0.2, 0.25) is 0 Å². The van der Waals surface area contributed by atoms with Gasteiger partial charge in [0, 0.05) is 37.5 Å². The van der Waals surface area contributed by atoms with E-state index in [9.17, 15) is 0 Å². The largest absolute Gasteiger partial charge is 0.371 e. The Morgan fingerprint density at radius 2 is 1.15 bits per heavy atom. The Kier molecular flexibility index (Phi) is 12.7. The number of anilines is 1. The van der Waals surface area contributed by atoms with Crippen LogP contribution in [-0.4, -0.2) is 85.5 Å². The minimum Gasteiger partial charge on any atom is -0.371 e. The summed E-state index contributed by atoms with van der Waals surface area (Å²) in [5.74, 6) is 0. The van der Waals surface area contributed by atoms with Gasteiger partial charge in [-0.1, -0.05) is 70.2 Å². The molecule has 0 N–H and O–H groups in total. The first-order valence-corrected chi connectivity index (χ1v) is 15.2. The van der Waals surface area contributed by atoms with Crippen molar-refractivity contribution in [2.45, 2.75) is 41.5 Å². The number of hydrogen-bond acceptors (Lipinski definition) is 3. The number of nitrogens with zero attached hydrogens (tertiary/aromatic N) is 4. The summed E-state index contributed by atoms with van der Waals surface area (Å²) < 4.78 is 2.48. The second-order valence-corrected chi connectivity index (χ2v) is 10.0. The van der Waals surface area contributed by atoms with Gasteiger partial charge in [-0.3, -0.25) is 4.90 Å². The zero-order chi connectivity index (χ0) is 28.0. The van der Waals surface area contributed by atoms with E-state index < -0.39 is 0 Å². The topological polar surface area (TPSA) is 12.7 Å². The molecule has 0 aliphatic heterocycles. The van der Waals surface area contributed by atoms with Crippen LogP contribution < -0.4 is 4.90 Å². The van der Waals surface area contributed by atoms with E-state index in [4.69, 9.17) is 0 Å². The van der Waals surface area contributed by atoms with Crippen molar-refractivity contribution in [3.63, 3.8) is 0 Å². The minimum atomic E-state index is 1.01. The van der Waals surface area contributed by atoms with Crippen molar-refractivity contribution in [2.24, 2.45) is 0 Å². The van der Waals surface area contributed by atoms with Gasteiger partial charge in [0.15, 0.2) is 12.3 Å². The van der Waals surface area contributed by atoms with E-state index in [1.807, 2.05) is 0 Å². The molecule has 0 atom stereocenters. The number of benzene rings is 2. The zero-order valence-corrected chi connectivity index (χ0v) is 25.4. The minimum absolute atomic E-state index is 1.01. The van der Waals surface area contributed by atoms with Gasteiger partial charge in [-0.2, -0.15) is 0 Å². The highest BCUT2D eigenvalue weighted by Crippen LogP contribution is 2.31. The molecule has 0 unspecified atom stereocenters. The molecule has 0 amide bonds. The molecule has 0 saturated carbocycles. The Balaban J connectivity index is 1.90. The van der Waals surface area contributed by atoms with Crippen LogP contribution in [0.1, 0.15) is 52.7 Å². The molecule has 2 aromatic rings. The van der Waals surface area contributed by atoms with E-state index in [-0.39, 0.29) is 0 Å². The summed E-state index contributed by atoms with van der Waals surface area (Å²) in [5, 5.41) is 0. The summed E-state index contributed by atoms with van der Waals surface area (Å²) in [7, 11) is 0. The normalized spacial score (nSPS) is 13.0. The maximum Gasteiger partial charge on any atom is 0.199 e. The van der Waals surface area contributed by atoms with Crippen molar-refractivity contribution in [3.05, 3.63) is 95.6 Å². The summed E-state index contributed by atoms with van der Waals surface area (Å²) in [6, 6.07) is 20.0. The van der Waals surface area contributed by atoms with E-state index in [1.54, 1.807) is 0 Å². The third-order valence-corrected chi connectivity index (χ3v) is 8.03. The molecule has 3 rings (SSSR count).